The van der Waals surface area contributed by atoms with E-state index < -0.39 is 77.9 Å². The van der Waals surface area contributed by atoms with Crippen molar-refractivity contribution in [2.24, 2.45) is 0 Å². The van der Waals surface area contributed by atoms with E-state index in [-0.39, 0.29) is 179 Å². The van der Waals surface area contributed by atoms with E-state index >= 15 is 0 Å². The second-order valence-corrected chi connectivity index (χ2v) is 17.9. The maximum absolute atomic E-state index is 13.1. The number of anilines is 4. The number of hydrogen-bond acceptors (Lipinski definition) is 11. The van der Waals surface area contributed by atoms with Crippen LogP contribution in [-0.2, 0) is 40.5 Å². The summed E-state index contributed by atoms with van der Waals surface area (Å²) in [6.07, 6.45) is 0. The number of benzene rings is 6. The van der Waals surface area contributed by atoms with Crippen LogP contribution >= 0.6 is 0 Å². The third-order valence-corrected chi connectivity index (χ3v) is 11.7. The van der Waals surface area contributed by atoms with Gasteiger partial charge in [-0.15, -0.1) is 0 Å². The molecule has 0 aromatic heterocycles. The van der Waals surface area contributed by atoms with Gasteiger partial charge in [0, 0.05) is 44.6 Å². The van der Waals surface area contributed by atoms with Gasteiger partial charge in [0.1, 0.15) is 9.79 Å². The van der Waals surface area contributed by atoms with Gasteiger partial charge in [0.25, 0.3) is 52.3 Å². The fourth-order valence-electron chi connectivity index (χ4n) is 5.65. The van der Waals surface area contributed by atoms with Crippen LogP contribution in [0.25, 0.3) is 21.5 Å². The number of hydrogen-bond donors (Lipinski definition) is 8. The number of nitrogens with one attached hydrogen (secondary N) is 4. The van der Waals surface area contributed by atoms with E-state index in [1.165, 1.54) is 84.9 Å². The van der Waals surface area contributed by atoms with Crippen LogP contribution in [0.4, 0.5) is 27.5 Å². The van der Waals surface area contributed by atoms with E-state index in [2.05, 4.69) is 21.3 Å². The minimum absolute atomic E-state index is 0. The zero-order chi connectivity index (χ0) is 42.4. The molecule has 0 radical (unpaired) electrons. The van der Waals surface area contributed by atoms with Crippen LogP contribution < -0.4 is 139 Å². The van der Waals surface area contributed by atoms with Crippen LogP contribution in [0.5, 0.6) is 0 Å². The minimum atomic E-state index is -4.98. The summed E-state index contributed by atoms with van der Waals surface area (Å²) < 4.78 is 133. The van der Waals surface area contributed by atoms with Gasteiger partial charge in [-0.25, -0.2) is 4.79 Å². The molecule has 0 aliphatic rings. The van der Waals surface area contributed by atoms with Crippen LogP contribution in [0.3, 0.4) is 0 Å². The molecule has 0 aliphatic carbocycles. The summed E-state index contributed by atoms with van der Waals surface area (Å²) in [6.45, 7) is 0. The van der Waals surface area contributed by atoms with E-state index in [0.717, 1.165) is 12.1 Å². The minimum Gasteiger partial charge on any atom is -1.00 e. The molecule has 0 saturated carbocycles. The molecular weight excluding hydrogens is 937 g/mol. The molecule has 0 unspecified atom stereocenters. The summed E-state index contributed by atoms with van der Waals surface area (Å²) in [7, 11) is -19.6. The van der Waals surface area contributed by atoms with Gasteiger partial charge in [-0.05, 0) is 95.7 Å². The Kier molecular flexibility index (Phi) is 19.6. The Morgan fingerprint density at radius 2 is 0.742 bits per heavy atom. The number of carbonyl (C=O) groups excluding carboxylic acids is 3. The Morgan fingerprint density at radius 1 is 0.403 bits per heavy atom. The van der Waals surface area contributed by atoms with Crippen molar-refractivity contribution < 1.29 is 190 Å². The molecule has 4 amide bonds. The number of urea groups is 1. The largest absolute Gasteiger partial charge is 1.00 e. The van der Waals surface area contributed by atoms with Gasteiger partial charge >= 0.3 is 124 Å². The van der Waals surface area contributed by atoms with Crippen molar-refractivity contribution in [2.75, 3.05) is 21.3 Å². The molecule has 0 aliphatic heterocycles. The molecule has 0 saturated heterocycles. The first kappa shape index (κ1) is 55.8. The smallest absolute Gasteiger partial charge is 1.00 e. The predicted octanol–water partition coefficient (Wildman–Crippen LogP) is -6.41. The second-order valence-electron chi connectivity index (χ2n) is 12.3. The molecule has 0 spiro atoms. The molecule has 6 aromatic carbocycles. The van der Waals surface area contributed by atoms with Crippen molar-refractivity contribution in [1.29, 1.82) is 0 Å². The second kappa shape index (κ2) is 21.8. The molecule has 27 heteroatoms. The quantitative estimate of drug-likeness (QED) is 0.0468. The molecule has 0 heterocycles. The molecule has 6 aromatic rings. The van der Waals surface area contributed by atoms with Gasteiger partial charge in [-0.1, -0.05) is 24.3 Å². The molecule has 6 rings (SSSR count). The van der Waals surface area contributed by atoms with Crippen molar-refractivity contribution in [1.82, 2.24) is 0 Å². The summed E-state index contributed by atoms with van der Waals surface area (Å²) in [5.74, 6) is -1.43. The predicted molar refractivity (Wildman–Crippen MR) is 213 cm³/mol. The van der Waals surface area contributed by atoms with Gasteiger partial charge < -0.3 is 27.0 Å². The van der Waals surface area contributed by atoms with Crippen LogP contribution in [0.2, 0.25) is 0 Å². The number of rotatable bonds is 10. The number of carbonyl (C=O) groups is 3. The van der Waals surface area contributed by atoms with Gasteiger partial charge in [0.05, 0.1) is 9.79 Å². The van der Waals surface area contributed by atoms with Gasteiger partial charge in [0.15, 0.2) is 0 Å². The molecular formula is C35H30N4Na4O15S4. The third kappa shape index (κ3) is 13.9. The molecule has 0 bridgehead atoms. The van der Waals surface area contributed by atoms with E-state index in [9.17, 15) is 66.3 Å². The SMILES string of the molecule is O=C(Nc1cccc(C(=O)Nc2ccc3cc(S(=O)(=O)O)cc(S(=O)(=O)O)c3c2)c1)Nc1cccc(C(=O)Nc2ccc3cc(S(=O)(=O)O)cc(S(=O)(=O)O)c3c2)c1.[H-].[H-].[H-].[H-].[Na+].[Na+].[Na+].[Na+]. The fourth-order valence-corrected chi connectivity index (χ4v) is 8.35. The molecule has 8 N–H and O–H groups in total. The van der Waals surface area contributed by atoms with Crippen molar-refractivity contribution in [3.05, 3.63) is 120 Å². The van der Waals surface area contributed by atoms with Gasteiger partial charge in [-0.2, -0.15) is 33.7 Å². The first-order valence-electron chi connectivity index (χ1n) is 15.9. The number of amides is 4. The van der Waals surface area contributed by atoms with E-state index in [1.807, 2.05) is 0 Å². The van der Waals surface area contributed by atoms with Crippen molar-refractivity contribution >= 4 is 103 Å². The zero-order valence-electron chi connectivity index (χ0n) is 36.8. The normalized spacial score (nSPS) is 11.4. The maximum Gasteiger partial charge on any atom is 1.00 e. The number of fused-ring (bicyclic) bond motifs is 2. The first-order chi connectivity index (χ1) is 27.0. The Hall–Kier alpha value is -2.31. The molecule has 62 heavy (non-hydrogen) atoms. The summed E-state index contributed by atoms with van der Waals surface area (Å²) >= 11 is 0. The van der Waals surface area contributed by atoms with E-state index in [4.69, 9.17) is 0 Å². The third-order valence-electron chi connectivity index (χ3n) is 8.21. The molecule has 0 atom stereocenters. The average Bonchev–Trinajstić information content (AvgIpc) is 3.12. The van der Waals surface area contributed by atoms with Crippen LogP contribution in [-0.4, -0.2) is 69.7 Å². The average molecular weight is 967 g/mol. The van der Waals surface area contributed by atoms with Crippen molar-refractivity contribution in [3.63, 3.8) is 0 Å². The Bertz CT molecular complexity index is 3020. The Labute approximate surface area is 448 Å². The fraction of sp³-hybridized carbons (Fsp3) is 0. The maximum atomic E-state index is 13.1. The van der Waals surface area contributed by atoms with Crippen LogP contribution in [0.1, 0.15) is 26.4 Å². The summed E-state index contributed by atoms with van der Waals surface area (Å²) in [5, 5.41) is 9.83. The van der Waals surface area contributed by atoms with Gasteiger partial charge in [0.2, 0.25) is 0 Å². The van der Waals surface area contributed by atoms with E-state index in [0.29, 0.717) is 12.1 Å². The van der Waals surface area contributed by atoms with Crippen molar-refractivity contribution in [3.8, 4) is 0 Å². The molecule has 19 nitrogen and oxygen atoms in total. The topological polar surface area (TPSA) is 317 Å². The zero-order valence-corrected chi connectivity index (χ0v) is 44.1. The summed E-state index contributed by atoms with van der Waals surface area (Å²) in [6, 6.07) is 21.0. The standard InChI is InChI=1S/C35H26N4O15S4.4Na.4H/c40-33(36-25-9-7-19-13-27(55(43,44)45)17-31(29(19)15-25)57(49,50)51)21-3-1-5-23(11-21)38-35(42)39-24-6-2-4-22(12-24)34(41)37-26-10-8-20-14-28(56(46,47)48)18-32(30(20)16-26)58(52,53)54;;;;;;;;/h1-18H,(H,36,40)(H,37,41)(H2,38,39,42)(H,43,44,45)(H,46,47,48)(H,49,50,51)(H,52,53,54);;;;;;;;/q;4*+1;4*-1. The first-order valence-corrected chi connectivity index (χ1v) is 21.7. The summed E-state index contributed by atoms with van der Waals surface area (Å²) in [5.41, 5.74) is 0.440. The molecule has 0 fully saturated rings. The monoisotopic (exact) mass is 966 g/mol. The summed E-state index contributed by atoms with van der Waals surface area (Å²) in [4.78, 5) is 35.9. The van der Waals surface area contributed by atoms with Crippen LogP contribution in [0.15, 0.2) is 129 Å². The van der Waals surface area contributed by atoms with Crippen LogP contribution in [0, 0.1) is 0 Å². The Balaban J connectivity index is -0.00000496. The van der Waals surface area contributed by atoms with Gasteiger partial charge in [-0.3, -0.25) is 27.8 Å². The Morgan fingerprint density at radius 3 is 1.06 bits per heavy atom. The van der Waals surface area contributed by atoms with Crippen molar-refractivity contribution in [2.45, 2.75) is 19.6 Å². The molecule has 308 valence electrons. The van der Waals surface area contributed by atoms with E-state index in [1.54, 1.807) is 0 Å².